The number of hydrogen-bond donors (Lipinski definition) is 2. The Labute approximate surface area is 114 Å². The number of ether oxygens (including phenoxy) is 1. The third-order valence-electron chi connectivity index (χ3n) is 2.68. The first-order valence-corrected chi connectivity index (χ1v) is 5.71. The van der Waals surface area contributed by atoms with Crippen molar-refractivity contribution in [1.82, 2.24) is 0 Å². The Morgan fingerprint density at radius 1 is 1.20 bits per heavy atom. The van der Waals surface area contributed by atoms with E-state index in [4.69, 9.17) is 10.5 Å². The summed E-state index contributed by atoms with van der Waals surface area (Å²) in [5.74, 6) is -1.86. The molecule has 0 aliphatic carbocycles. The predicted octanol–water partition coefficient (Wildman–Crippen LogP) is 2.81. The molecule has 0 spiro atoms. The summed E-state index contributed by atoms with van der Waals surface area (Å²) in [5, 5.41) is 2.46. The van der Waals surface area contributed by atoms with Gasteiger partial charge in [-0.1, -0.05) is 0 Å². The molecule has 6 heteroatoms. The number of nitrogens with two attached hydrogens (primary N) is 1. The highest BCUT2D eigenvalue weighted by molar-refractivity contribution is 6.05. The predicted molar refractivity (Wildman–Crippen MR) is 71.7 cm³/mol. The number of halogens is 2. The molecule has 20 heavy (non-hydrogen) atoms. The summed E-state index contributed by atoms with van der Waals surface area (Å²) in [4.78, 5) is 11.9. The third-order valence-corrected chi connectivity index (χ3v) is 2.68. The van der Waals surface area contributed by atoms with Gasteiger partial charge in [-0.2, -0.15) is 0 Å². The number of hydrogen-bond acceptors (Lipinski definition) is 3. The maximum Gasteiger partial charge on any atom is 0.258 e. The number of carbonyl (C=O) groups is 1. The van der Waals surface area contributed by atoms with Gasteiger partial charge in [0.1, 0.15) is 17.4 Å². The Balaban J connectivity index is 2.23. The molecule has 0 unspecified atom stereocenters. The van der Waals surface area contributed by atoms with Gasteiger partial charge in [-0.15, -0.1) is 0 Å². The first-order chi connectivity index (χ1) is 9.51. The van der Waals surface area contributed by atoms with E-state index < -0.39 is 17.5 Å². The minimum atomic E-state index is -0.936. The maximum atomic E-state index is 13.5. The van der Waals surface area contributed by atoms with Gasteiger partial charge in [0.2, 0.25) is 0 Å². The molecular formula is C14H12F2N2O2. The quantitative estimate of drug-likeness (QED) is 0.848. The van der Waals surface area contributed by atoms with Gasteiger partial charge in [-0.05, 0) is 24.3 Å². The van der Waals surface area contributed by atoms with Gasteiger partial charge in [-0.3, -0.25) is 4.79 Å². The van der Waals surface area contributed by atoms with Crippen molar-refractivity contribution >= 4 is 17.3 Å². The first-order valence-electron chi connectivity index (χ1n) is 5.71. The smallest absolute Gasteiger partial charge is 0.258 e. The highest BCUT2D eigenvalue weighted by atomic mass is 19.1. The summed E-state index contributed by atoms with van der Waals surface area (Å²) < 4.78 is 31.2. The van der Waals surface area contributed by atoms with Crippen LogP contribution < -0.4 is 15.8 Å². The van der Waals surface area contributed by atoms with Crippen molar-refractivity contribution in [2.45, 2.75) is 0 Å². The zero-order valence-corrected chi connectivity index (χ0v) is 10.6. The molecule has 3 N–H and O–H groups in total. The summed E-state index contributed by atoms with van der Waals surface area (Å²) >= 11 is 0. The van der Waals surface area contributed by atoms with E-state index in [0.29, 0.717) is 17.5 Å². The monoisotopic (exact) mass is 278 g/mol. The van der Waals surface area contributed by atoms with E-state index in [1.807, 2.05) is 0 Å². The molecule has 0 radical (unpaired) electrons. The van der Waals surface area contributed by atoms with Crippen LogP contribution in [0.5, 0.6) is 5.75 Å². The van der Waals surface area contributed by atoms with Crippen LogP contribution in [-0.4, -0.2) is 13.0 Å². The van der Waals surface area contributed by atoms with Gasteiger partial charge in [0.05, 0.1) is 24.0 Å². The Morgan fingerprint density at radius 3 is 2.55 bits per heavy atom. The molecule has 0 bridgehead atoms. The molecule has 0 saturated carbocycles. The summed E-state index contributed by atoms with van der Waals surface area (Å²) in [7, 11) is 1.49. The standard InChI is InChI=1S/C14H12F2N2O2/c1-20-9-3-5-13(12(17)7-9)18-14(19)10-4-2-8(15)6-11(10)16/h2-7H,17H2,1H3,(H,18,19). The fraction of sp³-hybridized carbons (Fsp3) is 0.0714. The van der Waals surface area contributed by atoms with Gasteiger partial charge in [0.25, 0.3) is 5.91 Å². The van der Waals surface area contributed by atoms with Crippen LogP contribution >= 0.6 is 0 Å². The van der Waals surface area contributed by atoms with E-state index in [-0.39, 0.29) is 11.3 Å². The van der Waals surface area contributed by atoms with Crippen LogP contribution in [0.3, 0.4) is 0 Å². The van der Waals surface area contributed by atoms with Crippen molar-refractivity contribution in [3.63, 3.8) is 0 Å². The average Bonchev–Trinajstić information content (AvgIpc) is 2.40. The van der Waals surface area contributed by atoms with Crippen molar-refractivity contribution in [1.29, 1.82) is 0 Å². The highest BCUT2D eigenvalue weighted by Gasteiger charge is 2.14. The Kier molecular flexibility index (Phi) is 3.84. The fourth-order valence-electron chi connectivity index (χ4n) is 1.64. The zero-order chi connectivity index (χ0) is 14.7. The highest BCUT2D eigenvalue weighted by Crippen LogP contribution is 2.24. The minimum Gasteiger partial charge on any atom is -0.497 e. The number of methoxy groups -OCH3 is 1. The van der Waals surface area contributed by atoms with Crippen LogP contribution in [-0.2, 0) is 0 Å². The Bertz CT molecular complexity index is 660. The van der Waals surface area contributed by atoms with Gasteiger partial charge < -0.3 is 15.8 Å². The summed E-state index contributed by atoms with van der Waals surface area (Å²) in [6, 6.07) is 7.39. The van der Waals surface area contributed by atoms with Crippen molar-refractivity contribution in [2.75, 3.05) is 18.2 Å². The van der Waals surface area contributed by atoms with Crippen LogP contribution in [0, 0.1) is 11.6 Å². The summed E-state index contributed by atoms with van der Waals surface area (Å²) in [5.41, 5.74) is 6.07. The van der Waals surface area contributed by atoms with E-state index in [1.54, 1.807) is 6.07 Å². The molecule has 0 saturated heterocycles. The van der Waals surface area contributed by atoms with Gasteiger partial charge in [0, 0.05) is 12.1 Å². The van der Waals surface area contributed by atoms with Gasteiger partial charge >= 0.3 is 0 Å². The van der Waals surface area contributed by atoms with Crippen LogP contribution in [0.4, 0.5) is 20.2 Å². The SMILES string of the molecule is COc1ccc(NC(=O)c2ccc(F)cc2F)c(N)c1. The molecule has 0 fully saturated rings. The second kappa shape index (κ2) is 5.56. The second-order valence-electron chi connectivity index (χ2n) is 4.03. The second-order valence-corrected chi connectivity index (χ2v) is 4.03. The van der Waals surface area contributed by atoms with E-state index in [2.05, 4.69) is 5.32 Å². The number of rotatable bonds is 3. The lowest BCUT2D eigenvalue weighted by Crippen LogP contribution is -2.15. The number of benzene rings is 2. The van der Waals surface area contributed by atoms with Crippen molar-refractivity contribution in [3.05, 3.63) is 53.6 Å². The zero-order valence-electron chi connectivity index (χ0n) is 10.6. The Morgan fingerprint density at radius 2 is 1.95 bits per heavy atom. The van der Waals surface area contributed by atoms with Crippen molar-refractivity contribution in [3.8, 4) is 5.75 Å². The molecule has 1 amide bonds. The molecule has 0 aliphatic rings. The topological polar surface area (TPSA) is 64.3 Å². The molecule has 2 rings (SSSR count). The van der Waals surface area contributed by atoms with E-state index in [9.17, 15) is 13.6 Å². The largest absolute Gasteiger partial charge is 0.497 e. The third kappa shape index (κ3) is 2.85. The average molecular weight is 278 g/mol. The molecule has 4 nitrogen and oxygen atoms in total. The van der Waals surface area contributed by atoms with E-state index in [1.165, 1.54) is 19.2 Å². The van der Waals surface area contributed by atoms with Crippen LogP contribution in [0.1, 0.15) is 10.4 Å². The fourth-order valence-corrected chi connectivity index (χ4v) is 1.64. The molecule has 0 aliphatic heterocycles. The van der Waals surface area contributed by atoms with E-state index >= 15 is 0 Å². The molecule has 0 heterocycles. The lowest BCUT2D eigenvalue weighted by molar-refractivity contribution is 0.102. The van der Waals surface area contributed by atoms with E-state index in [0.717, 1.165) is 12.1 Å². The van der Waals surface area contributed by atoms with Gasteiger partial charge in [-0.25, -0.2) is 8.78 Å². The lowest BCUT2D eigenvalue weighted by Gasteiger charge is -2.10. The number of nitrogen functional groups attached to an aromatic ring is 1. The molecule has 2 aromatic carbocycles. The van der Waals surface area contributed by atoms with Gasteiger partial charge in [0.15, 0.2) is 0 Å². The van der Waals surface area contributed by atoms with Crippen molar-refractivity contribution < 1.29 is 18.3 Å². The minimum absolute atomic E-state index is 0.262. The van der Waals surface area contributed by atoms with Crippen LogP contribution in [0.15, 0.2) is 36.4 Å². The number of nitrogens with one attached hydrogen (secondary N) is 1. The summed E-state index contributed by atoms with van der Waals surface area (Å²) in [6.07, 6.45) is 0. The molecule has 2 aromatic rings. The van der Waals surface area contributed by atoms with Crippen LogP contribution in [0.25, 0.3) is 0 Å². The van der Waals surface area contributed by atoms with Crippen LogP contribution in [0.2, 0.25) is 0 Å². The number of amides is 1. The molecule has 0 atom stereocenters. The van der Waals surface area contributed by atoms with Crippen molar-refractivity contribution in [2.24, 2.45) is 0 Å². The molecule has 104 valence electrons. The molecule has 0 aromatic heterocycles. The molecular weight excluding hydrogens is 266 g/mol. The number of carbonyl (C=O) groups excluding carboxylic acids is 1. The lowest BCUT2D eigenvalue weighted by atomic mass is 10.2. The first kappa shape index (κ1) is 13.8. The maximum absolute atomic E-state index is 13.5. The summed E-state index contributed by atoms with van der Waals surface area (Å²) in [6.45, 7) is 0. The Hall–Kier alpha value is -2.63. The number of anilines is 2. The normalized spacial score (nSPS) is 10.2.